The van der Waals surface area contributed by atoms with Crippen molar-refractivity contribution < 1.29 is 9.59 Å². The van der Waals surface area contributed by atoms with E-state index in [1.807, 2.05) is 4.98 Å². The predicted molar refractivity (Wildman–Crippen MR) is 57.5 cm³/mol. The molecule has 0 unspecified atom stereocenters. The van der Waals surface area contributed by atoms with Gasteiger partial charge in [0, 0.05) is 10.1 Å². The normalized spacial score (nSPS) is 10.4. The van der Waals surface area contributed by atoms with Crippen molar-refractivity contribution in [2.75, 3.05) is 5.73 Å². The summed E-state index contributed by atoms with van der Waals surface area (Å²) >= 11 is 0. The maximum atomic E-state index is 11.5. The Balaban J connectivity index is 2.58. The number of aromatic amines is 1. The van der Waals surface area contributed by atoms with Crippen LogP contribution < -0.4 is 22.2 Å². The molecule has 2 heterocycles. The zero-order valence-electron chi connectivity index (χ0n) is 8.60. The van der Waals surface area contributed by atoms with Crippen LogP contribution in [0.25, 0.3) is 0 Å². The number of nitrogen functional groups attached to an aromatic ring is 1. The molecule has 88 valence electrons. The van der Waals surface area contributed by atoms with Gasteiger partial charge in [-0.25, -0.2) is 4.79 Å². The van der Waals surface area contributed by atoms with Crippen LogP contribution in [0, 0.1) is 4.91 Å². The van der Waals surface area contributed by atoms with Gasteiger partial charge in [0.1, 0.15) is 5.76 Å². The van der Waals surface area contributed by atoms with E-state index in [1.165, 1.54) is 11.4 Å². The largest absolute Gasteiger partial charge is 0.467 e. The van der Waals surface area contributed by atoms with Crippen LogP contribution in [0.4, 0.5) is 11.5 Å². The Morgan fingerprint density at radius 1 is 1.47 bits per heavy atom. The summed E-state index contributed by atoms with van der Waals surface area (Å²) in [6, 6.07) is 3.29. The first kappa shape index (κ1) is 10.9. The van der Waals surface area contributed by atoms with E-state index >= 15 is 0 Å². The van der Waals surface area contributed by atoms with Crippen LogP contribution in [0.2, 0.25) is 0 Å². The molecule has 0 radical (unpaired) electrons. The summed E-state index contributed by atoms with van der Waals surface area (Å²) in [5.74, 6) is 0.243. The van der Waals surface area contributed by atoms with Gasteiger partial charge < -0.3 is 10.2 Å². The first-order chi connectivity index (χ1) is 8.13. The highest BCUT2D eigenvalue weighted by Gasteiger charge is 2.18. The lowest BCUT2D eigenvalue weighted by molar-refractivity contribution is -0.380. The van der Waals surface area contributed by atoms with Crippen molar-refractivity contribution in [2.45, 2.75) is 6.54 Å². The van der Waals surface area contributed by atoms with E-state index < -0.39 is 16.9 Å². The first-order valence-corrected chi connectivity index (χ1v) is 4.66. The number of nitroso groups, excluding NO2 is 1. The summed E-state index contributed by atoms with van der Waals surface area (Å²) in [5.41, 5.74) is 3.60. The highest BCUT2D eigenvalue weighted by atomic mass is 16.3. The van der Waals surface area contributed by atoms with E-state index in [0.717, 1.165) is 4.57 Å². The maximum absolute atomic E-state index is 11.5. The minimum atomic E-state index is -0.849. The third-order valence-corrected chi connectivity index (χ3v) is 2.24. The molecule has 0 fully saturated rings. The maximum Gasteiger partial charge on any atom is 0.357 e. The lowest BCUT2D eigenvalue weighted by atomic mass is 10.4. The molecule has 0 aliphatic rings. The lowest BCUT2D eigenvalue weighted by Crippen LogP contribution is -2.61. The van der Waals surface area contributed by atoms with E-state index in [1.54, 1.807) is 12.1 Å². The smallest absolute Gasteiger partial charge is 0.357 e. The molecule has 0 amide bonds. The standard InChI is InChI=1S/C9H8N4O4/c10-7-6(12-16)8(14)11-9(15)13(7)4-5-2-1-3-17-5/h1-3H,4,10H2,(H,11,14,15)/p+1. The number of anilines is 1. The average molecular weight is 237 g/mol. The van der Waals surface area contributed by atoms with Crippen LogP contribution in [0.15, 0.2) is 32.4 Å². The molecule has 0 atom stereocenters. The molecule has 0 aromatic carbocycles. The minimum absolute atomic E-state index is 0.0309. The fourth-order valence-electron chi connectivity index (χ4n) is 1.40. The van der Waals surface area contributed by atoms with Crippen LogP contribution in [-0.2, 0) is 6.54 Å². The first-order valence-electron chi connectivity index (χ1n) is 4.66. The highest BCUT2D eigenvalue weighted by molar-refractivity contribution is 5.49. The Kier molecular flexibility index (Phi) is 2.61. The van der Waals surface area contributed by atoms with Crippen LogP contribution in [0.1, 0.15) is 5.76 Å². The van der Waals surface area contributed by atoms with Gasteiger partial charge in [0.25, 0.3) is 0 Å². The van der Waals surface area contributed by atoms with Crippen LogP contribution >= 0.6 is 0 Å². The molecule has 0 bridgehead atoms. The molecular formula is C9H9N4O4+. The van der Waals surface area contributed by atoms with E-state index in [9.17, 15) is 14.5 Å². The molecule has 0 saturated heterocycles. The lowest BCUT2D eigenvalue weighted by Gasteiger charge is -2.04. The molecule has 0 saturated carbocycles. The van der Waals surface area contributed by atoms with Crippen molar-refractivity contribution in [1.82, 2.24) is 9.55 Å². The Morgan fingerprint density at radius 2 is 2.24 bits per heavy atom. The second kappa shape index (κ2) is 4.08. The van der Waals surface area contributed by atoms with Gasteiger partial charge in [0.15, 0.2) is 5.82 Å². The van der Waals surface area contributed by atoms with Crippen LogP contribution in [-0.4, -0.2) is 9.55 Å². The van der Waals surface area contributed by atoms with Crippen molar-refractivity contribution in [1.29, 1.82) is 0 Å². The van der Waals surface area contributed by atoms with Crippen molar-refractivity contribution in [2.24, 2.45) is 0 Å². The quantitative estimate of drug-likeness (QED) is 0.583. The van der Waals surface area contributed by atoms with E-state index in [0.29, 0.717) is 5.76 Å². The van der Waals surface area contributed by atoms with Gasteiger partial charge in [-0.2, -0.15) is 0 Å². The number of rotatable bonds is 3. The van der Waals surface area contributed by atoms with Gasteiger partial charge >= 0.3 is 16.9 Å². The Morgan fingerprint density at radius 3 is 2.82 bits per heavy atom. The van der Waals surface area contributed by atoms with Gasteiger partial charge in [0.05, 0.1) is 12.8 Å². The van der Waals surface area contributed by atoms with Crippen molar-refractivity contribution in [3.05, 3.63) is 49.9 Å². The average Bonchev–Trinajstić information content (AvgIpc) is 2.77. The topological polar surface area (TPSA) is 125 Å². The minimum Gasteiger partial charge on any atom is -0.467 e. The van der Waals surface area contributed by atoms with Crippen LogP contribution in [0.5, 0.6) is 0 Å². The zero-order chi connectivity index (χ0) is 12.4. The summed E-state index contributed by atoms with van der Waals surface area (Å²) in [4.78, 5) is 35.3. The molecule has 8 nitrogen and oxygen atoms in total. The fourth-order valence-corrected chi connectivity index (χ4v) is 1.40. The Bertz CT molecular complexity index is 653. The number of nitrogens with two attached hydrogens (primary N) is 1. The number of hydrogen-bond donors (Lipinski definition) is 3. The fraction of sp³-hybridized carbons (Fsp3) is 0.111. The van der Waals surface area contributed by atoms with Gasteiger partial charge in [-0.15, -0.1) is 0 Å². The summed E-state index contributed by atoms with van der Waals surface area (Å²) in [7, 11) is 0. The third-order valence-electron chi connectivity index (χ3n) is 2.24. The monoisotopic (exact) mass is 237 g/mol. The molecule has 2 rings (SSSR count). The molecule has 8 heteroatoms. The molecule has 4 N–H and O–H groups in total. The Labute approximate surface area is 93.7 Å². The summed E-state index contributed by atoms with van der Waals surface area (Å²) in [6.07, 6.45) is 1.44. The summed E-state index contributed by atoms with van der Waals surface area (Å²) in [6.45, 7) is 0.0309. The van der Waals surface area contributed by atoms with Gasteiger partial charge in [-0.05, 0) is 12.1 Å². The molecular weight excluding hydrogens is 228 g/mol. The van der Waals surface area contributed by atoms with Crippen molar-refractivity contribution in [3.8, 4) is 0 Å². The van der Waals surface area contributed by atoms with Crippen molar-refractivity contribution in [3.63, 3.8) is 0 Å². The molecule has 0 aliphatic carbocycles. The number of nitrogens with zero attached hydrogens (tertiary/aromatic N) is 1. The third kappa shape index (κ3) is 1.87. The van der Waals surface area contributed by atoms with Gasteiger partial charge in [-0.3, -0.25) is 14.3 Å². The predicted octanol–water partition coefficient (Wildman–Crippen LogP) is -1.76. The molecule has 0 spiro atoms. The number of hydrogen-bond acceptors (Lipinski definition) is 5. The molecule has 2 aromatic heterocycles. The number of furan rings is 1. The van der Waals surface area contributed by atoms with Gasteiger partial charge in [-0.1, -0.05) is 0 Å². The van der Waals surface area contributed by atoms with Gasteiger partial charge in [0.2, 0.25) is 0 Å². The van der Waals surface area contributed by atoms with Crippen LogP contribution in [0.3, 0.4) is 0 Å². The SMILES string of the molecule is Nc1c([NH+]=O)c(=O)[nH]c(=O)n1Cc1ccco1. The Hall–Kier alpha value is -2.64. The summed E-state index contributed by atoms with van der Waals surface area (Å²) in [5, 5.41) is 1.40. The highest BCUT2D eigenvalue weighted by Crippen LogP contribution is 2.07. The van der Waals surface area contributed by atoms with E-state index in [2.05, 4.69) is 0 Å². The zero-order valence-corrected chi connectivity index (χ0v) is 8.60. The second-order valence-electron chi connectivity index (χ2n) is 3.29. The number of nitrogens with one attached hydrogen (secondary N) is 2. The molecule has 0 aliphatic heterocycles. The van der Waals surface area contributed by atoms with E-state index in [4.69, 9.17) is 10.2 Å². The molecule has 2 aromatic rings. The van der Waals surface area contributed by atoms with E-state index in [-0.39, 0.29) is 12.4 Å². The summed E-state index contributed by atoms with van der Waals surface area (Å²) < 4.78 is 6.07. The molecule has 17 heavy (non-hydrogen) atoms. The van der Waals surface area contributed by atoms with Crippen molar-refractivity contribution >= 4 is 11.5 Å². The number of aromatic nitrogens is 2. The number of H-pyrrole nitrogens is 1. The second-order valence-corrected chi connectivity index (χ2v) is 3.29.